The monoisotopic (exact) mass is 566 g/mol. The Hall–Kier alpha value is -2.90. The fourth-order valence-electron chi connectivity index (χ4n) is 3.46. The molecule has 1 amide bonds. The Morgan fingerprint density at radius 2 is 1.50 bits per heavy atom. The van der Waals surface area contributed by atoms with Crippen molar-refractivity contribution in [3.05, 3.63) is 35.9 Å². The largest absolute Gasteiger partial charge is 0.480 e. The van der Waals surface area contributed by atoms with Crippen LogP contribution in [0.25, 0.3) is 0 Å². The molecule has 0 aromatic heterocycles. The number of esters is 1. The molecule has 40 heavy (non-hydrogen) atoms. The van der Waals surface area contributed by atoms with Crippen molar-refractivity contribution in [2.24, 2.45) is 5.73 Å². The van der Waals surface area contributed by atoms with Crippen LogP contribution in [0.5, 0.6) is 0 Å². The van der Waals surface area contributed by atoms with Crippen molar-refractivity contribution in [2.45, 2.75) is 70.7 Å². The van der Waals surface area contributed by atoms with Gasteiger partial charge in [0.25, 0.3) is 0 Å². The molecule has 0 bridgehead atoms. The number of carbonyl (C=O) groups excluding carboxylic acids is 3. The van der Waals surface area contributed by atoms with Crippen molar-refractivity contribution in [3.8, 4) is 0 Å². The molecule has 2 unspecified atom stereocenters. The highest BCUT2D eigenvalue weighted by Crippen LogP contribution is 2.02. The Bertz CT molecular complexity index is 871. The van der Waals surface area contributed by atoms with Gasteiger partial charge in [0.15, 0.2) is 0 Å². The first-order chi connectivity index (χ1) is 19.2. The molecule has 0 aliphatic carbocycles. The van der Waals surface area contributed by atoms with Crippen molar-refractivity contribution in [3.63, 3.8) is 0 Å². The van der Waals surface area contributed by atoms with Gasteiger partial charge in [0.2, 0.25) is 5.91 Å². The first kappa shape index (κ1) is 35.1. The maximum Gasteiger partial charge on any atom is 0.323 e. The Labute approximate surface area is 236 Å². The van der Waals surface area contributed by atoms with E-state index >= 15 is 0 Å². The predicted molar refractivity (Wildman–Crippen MR) is 150 cm³/mol. The average molecular weight is 567 g/mol. The molecule has 6 N–H and O–H groups in total. The van der Waals surface area contributed by atoms with Crippen LogP contribution in [0.15, 0.2) is 30.3 Å². The second kappa shape index (κ2) is 21.9. The van der Waals surface area contributed by atoms with Gasteiger partial charge in [0.05, 0.1) is 32.5 Å². The average Bonchev–Trinajstić information content (AvgIpc) is 2.95. The zero-order valence-electron chi connectivity index (χ0n) is 23.7. The fourth-order valence-corrected chi connectivity index (χ4v) is 3.46. The van der Waals surface area contributed by atoms with Gasteiger partial charge in [0.1, 0.15) is 24.5 Å². The number of rotatable bonds is 24. The van der Waals surface area contributed by atoms with Gasteiger partial charge in [-0.1, -0.05) is 36.8 Å². The number of benzene rings is 1. The molecule has 12 heteroatoms. The minimum atomic E-state index is -1.01. The van der Waals surface area contributed by atoms with Crippen molar-refractivity contribution >= 4 is 23.6 Å². The smallest absolute Gasteiger partial charge is 0.323 e. The normalized spacial score (nSPS) is 13.3. The second-order valence-electron chi connectivity index (χ2n) is 9.43. The number of ether oxygens (including phenoxy) is 3. The summed E-state index contributed by atoms with van der Waals surface area (Å²) in [7, 11) is 0. The number of ketones is 1. The molecular weight excluding hydrogens is 520 g/mol. The molecule has 0 heterocycles. The van der Waals surface area contributed by atoms with Gasteiger partial charge in [-0.2, -0.15) is 0 Å². The van der Waals surface area contributed by atoms with E-state index in [1.165, 1.54) is 0 Å². The number of nitrogens with one attached hydrogen (secondary N) is 3. The van der Waals surface area contributed by atoms with E-state index in [9.17, 15) is 19.2 Å². The number of aliphatic carboxylic acids is 1. The highest BCUT2D eigenvalue weighted by atomic mass is 16.5. The number of Topliss-reactive ketones (excluding diaryl/α,β-unsaturated/α-hetero) is 1. The summed E-state index contributed by atoms with van der Waals surface area (Å²) in [4.78, 5) is 46.8. The number of hydrogen-bond donors (Lipinski definition) is 5. The Balaban J connectivity index is 1.93. The number of amides is 1. The van der Waals surface area contributed by atoms with Crippen LogP contribution in [-0.2, 0) is 40.0 Å². The Morgan fingerprint density at radius 3 is 2.17 bits per heavy atom. The standard InChI is InChI=1S/C28H46N4O8/c1-21(30-13-7-6-10-24(29)27(35)36)25(33)11-12-26(34)32-15-17-39-19-18-38-16-14-31-22(2)28(37)40-20-23-8-4-3-5-9-23/h3-5,8-9,21-22,24,30-31H,6-7,10-20,29H2,1-2H3,(H,32,34)(H,35,36)/t21?,22?,24-/m0/s1. The van der Waals surface area contributed by atoms with Gasteiger partial charge in [0, 0.05) is 25.9 Å². The third-order valence-corrected chi connectivity index (χ3v) is 6.01. The molecule has 0 aliphatic rings. The number of carboxylic acid groups (broad SMARTS) is 1. The molecule has 1 aromatic carbocycles. The van der Waals surface area contributed by atoms with Gasteiger partial charge in [-0.3, -0.25) is 19.2 Å². The van der Waals surface area contributed by atoms with Crippen LogP contribution >= 0.6 is 0 Å². The van der Waals surface area contributed by atoms with Crippen molar-refractivity contribution in [1.82, 2.24) is 16.0 Å². The summed E-state index contributed by atoms with van der Waals surface area (Å²) in [6, 6.07) is 7.81. The van der Waals surface area contributed by atoms with E-state index < -0.39 is 18.1 Å². The molecular formula is C28H46N4O8. The second-order valence-corrected chi connectivity index (χ2v) is 9.43. The predicted octanol–water partition coefficient (Wildman–Crippen LogP) is 0.767. The van der Waals surface area contributed by atoms with Crippen LogP contribution in [-0.4, -0.2) is 92.9 Å². The van der Waals surface area contributed by atoms with E-state index in [4.69, 9.17) is 25.1 Å². The van der Waals surface area contributed by atoms with E-state index in [0.29, 0.717) is 65.3 Å². The molecule has 1 aromatic rings. The SMILES string of the molecule is CC(NCCCC[C@H](N)C(=O)O)C(=O)CCC(=O)NCCOCCOCCNC(C)C(=O)OCc1ccccc1. The minimum Gasteiger partial charge on any atom is -0.480 e. The van der Waals surface area contributed by atoms with Gasteiger partial charge < -0.3 is 41.0 Å². The first-order valence-corrected chi connectivity index (χ1v) is 13.8. The van der Waals surface area contributed by atoms with E-state index in [-0.39, 0.29) is 43.2 Å². The molecule has 12 nitrogen and oxygen atoms in total. The fraction of sp³-hybridized carbons (Fsp3) is 0.643. The summed E-state index contributed by atoms with van der Waals surface area (Å²) >= 11 is 0. The summed E-state index contributed by atoms with van der Waals surface area (Å²) in [5.41, 5.74) is 6.39. The highest BCUT2D eigenvalue weighted by Gasteiger charge is 2.15. The minimum absolute atomic E-state index is 0.0567. The van der Waals surface area contributed by atoms with E-state index in [2.05, 4.69) is 16.0 Å². The van der Waals surface area contributed by atoms with E-state index in [1.54, 1.807) is 13.8 Å². The van der Waals surface area contributed by atoms with Crippen LogP contribution < -0.4 is 21.7 Å². The van der Waals surface area contributed by atoms with Gasteiger partial charge in [-0.25, -0.2) is 0 Å². The van der Waals surface area contributed by atoms with E-state index in [1.807, 2.05) is 30.3 Å². The zero-order chi connectivity index (χ0) is 29.6. The van der Waals surface area contributed by atoms with Crippen molar-refractivity contribution < 1.29 is 38.5 Å². The summed E-state index contributed by atoms with van der Waals surface area (Å²) in [6.07, 6.45) is 2.00. The van der Waals surface area contributed by atoms with Gasteiger partial charge in [-0.05, 0) is 38.8 Å². The molecule has 226 valence electrons. The van der Waals surface area contributed by atoms with Crippen LogP contribution in [0.1, 0.15) is 51.5 Å². The van der Waals surface area contributed by atoms with Crippen molar-refractivity contribution in [1.29, 1.82) is 0 Å². The quantitative estimate of drug-likeness (QED) is 0.0881. The molecule has 0 radical (unpaired) electrons. The molecule has 0 fully saturated rings. The number of carboxylic acids is 1. The molecule has 3 atom stereocenters. The third-order valence-electron chi connectivity index (χ3n) is 6.01. The molecule has 1 rings (SSSR count). The van der Waals surface area contributed by atoms with Gasteiger partial charge >= 0.3 is 11.9 Å². The number of hydrogen-bond acceptors (Lipinski definition) is 10. The van der Waals surface area contributed by atoms with Gasteiger partial charge in [-0.15, -0.1) is 0 Å². The summed E-state index contributed by atoms with van der Waals surface area (Å²) < 4.78 is 16.2. The zero-order valence-corrected chi connectivity index (χ0v) is 23.7. The highest BCUT2D eigenvalue weighted by molar-refractivity contribution is 5.88. The Kier molecular flexibility index (Phi) is 19.2. The maximum atomic E-state index is 12.2. The molecule has 0 saturated heterocycles. The lowest BCUT2D eigenvalue weighted by Gasteiger charge is -2.14. The van der Waals surface area contributed by atoms with Crippen LogP contribution in [0.2, 0.25) is 0 Å². The van der Waals surface area contributed by atoms with Crippen molar-refractivity contribution in [2.75, 3.05) is 46.1 Å². The summed E-state index contributed by atoms with van der Waals surface area (Å²) in [5.74, 6) is -1.61. The van der Waals surface area contributed by atoms with Crippen LogP contribution in [0.3, 0.4) is 0 Å². The van der Waals surface area contributed by atoms with E-state index in [0.717, 1.165) is 5.56 Å². The first-order valence-electron chi connectivity index (χ1n) is 13.8. The summed E-state index contributed by atoms with van der Waals surface area (Å²) in [5, 5.41) is 17.6. The van der Waals surface area contributed by atoms with Crippen LogP contribution in [0.4, 0.5) is 0 Å². The lowest BCUT2D eigenvalue weighted by molar-refractivity contribution is -0.147. The molecule has 0 aliphatic heterocycles. The maximum absolute atomic E-state index is 12.2. The number of unbranched alkanes of at least 4 members (excludes halogenated alkanes) is 1. The number of carbonyl (C=O) groups is 4. The molecule has 0 saturated carbocycles. The lowest BCUT2D eigenvalue weighted by atomic mass is 10.1. The Morgan fingerprint density at radius 1 is 0.850 bits per heavy atom. The topological polar surface area (TPSA) is 178 Å². The third kappa shape index (κ3) is 17.6. The lowest BCUT2D eigenvalue weighted by Crippen LogP contribution is -2.37. The number of nitrogens with two attached hydrogens (primary N) is 1. The summed E-state index contributed by atoms with van der Waals surface area (Å²) in [6.45, 7) is 6.63. The van der Waals surface area contributed by atoms with Crippen LogP contribution in [0, 0.1) is 0 Å². The molecule has 0 spiro atoms.